The summed E-state index contributed by atoms with van der Waals surface area (Å²) in [6, 6.07) is 0. The summed E-state index contributed by atoms with van der Waals surface area (Å²) in [6.45, 7) is 6.03. The van der Waals surface area contributed by atoms with Crippen LogP contribution in [0.25, 0.3) is 0 Å². The Balaban J connectivity index is 4.52. The summed E-state index contributed by atoms with van der Waals surface area (Å²) in [4.78, 5) is 0. The van der Waals surface area contributed by atoms with Gasteiger partial charge in [0, 0.05) is 10.7 Å². The molecule has 0 aromatic heterocycles. The second-order valence-electron chi connectivity index (χ2n) is 3.24. The Hall–Kier alpha value is 0.240. The zero-order valence-electron chi connectivity index (χ0n) is 7.93. The molecule has 0 aliphatic rings. The van der Waals surface area contributed by atoms with Crippen molar-refractivity contribution in [3.8, 4) is 0 Å². The van der Waals surface area contributed by atoms with Crippen LogP contribution in [-0.4, -0.2) is 14.2 Å². The van der Waals surface area contributed by atoms with Gasteiger partial charge in [0.05, 0.1) is 5.75 Å². The van der Waals surface area contributed by atoms with Gasteiger partial charge in [0.1, 0.15) is 0 Å². The predicted octanol–water partition coefficient (Wildman–Crippen LogP) is 2.77. The van der Waals surface area contributed by atoms with Crippen molar-refractivity contribution in [1.82, 2.24) is 0 Å². The van der Waals surface area contributed by atoms with Crippen molar-refractivity contribution in [3.63, 3.8) is 0 Å². The zero-order chi connectivity index (χ0) is 9.83. The van der Waals surface area contributed by atoms with Gasteiger partial charge < -0.3 is 0 Å². The van der Waals surface area contributed by atoms with Gasteiger partial charge in [0.15, 0.2) is 0 Å². The Morgan fingerprint density at radius 1 is 1.08 bits per heavy atom. The van der Waals surface area contributed by atoms with Crippen molar-refractivity contribution in [1.29, 1.82) is 0 Å². The predicted molar refractivity (Wildman–Crippen MR) is 52.9 cm³/mol. The van der Waals surface area contributed by atoms with Gasteiger partial charge in [-0.25, -0.2) is 8.42 Å². The third kappa shape index (κ3) is 3.76. The van der Waals surface area contributed by atoms with Gasteiger partial charge in [-0.1, -0.05) is 20.8 Å². The van der Waals surface area contributed by atoms with E-state index in [1.165, 1.54) is 0 Å². The van der Waals surface area contributed by atoms with Gasteiger partial charge in [-0.3, -0.25) is 0 Å². The van der Waals surface area contributed by atoms with E-state index in [0.717, 1.165) is 19.3 Å². The van der Waals surface area contributed by atoms with Crippen LogP contribution in [0.1, 0.15) is 40.0 Å². The molecule has 0 aromatic carbocycles. The fraction of sp³-hybridized carbons (Fsp3) is 1.00. The van der Waals surface area contributed by atoms with Crippen LogP contribution in [0.15, 0.2) is 0 Å². The SMILES string of the molecule is CCC(CC)(CC)CS(=O)(=O)Cl. The van der Waals surface area contributed by atoms with Crippen molar-refractivity contribution in [2.75, 3.05) is 5.75 Å². The van der Waals surface area contributed by atoms with Crippen molar-refractivity contribution < 1.29 is 8.42 Å². The maximum Gasteiger partial charge on any atom is 0.233 e. The molecule has 0 spiro atoms. The Morgan fingerprint density at radius 3 is 1.50 bits per heavy atom. The molecule has 0 saturated heterocycles. The quantitative estimate of drug-likeness (QED) is 0.657. The first-order valence-electron chi connectivity index (χ1n) is 4.31. The van der Waals surface area contributed by atoms with Gasteiger partial charge in [-0.05, 0) is 24.7 Å². The monoisotopic (exact) mass is 212 g/mol. The molecule has 12 heavy (non-hydrogen) atoms. The van der Waals surface area contributed by atoms with E-state index in [0.29, 0.717) is 0 Å². The van der Waals surface area contributed by atoms with Gasteiger partial charge in [-0.2, -0.15) is 0 Å². The van der Waals surface area contributed by atoms with E-state index in [2.05, 4.69) is 0 Å². The molecule has 0 N–H and O–H groups in total. The summed E-state index contributed by atoms with van der Waals surface area (Å²) in [5.41, 5.74) is -0.111. The highest BCUT2D eigenvalue weighted by molar-refractivity contribution is 8.13. The summed E-state index contributed by atoms with van der Waals surface area (Å²) in [5.74, 6) is 0.102. The highest BCUT2D eigenvalue weighted by atomic mass is 35.7. The Kier molecular flexibility index (Phi) is 4.56. The molecule has 0 amide bonds. The van der Waals surface area contributed by atoms with Crippen LogP contribution in [0.5, 0.6) is 0 Å². The number of rotatable bonds is 5. The van der Waals surface area contributed by atoms with Crippen molar-refractivity contribution in [3.05, 3.63) is 0 Å². The first-order valence-corrected chi connectivity index (χ1v) is 6.79. The van der Waals surface area contributed by atoms with E-state index in [9.17, 15) is 8.42 Å². The fourth-order valence-electron chi connectivity index (χ4n) is 1.42. The second-order valence-corrected chi connectivity index (χ2v) is 6.02. The highest BCUT2D eigenvalue weighted by Crippen LogP contribution is 2.32. The van der Waals surface area contributed by atoms with E-state index in [4.69, 9.17) is 10.7 Å². The molecular weight excluding hydrogens is 196 g/mol. The first-order chi connectivity index (χ1) is 5.39. The van der Waals surface area contributed by atoms with Crippen LogP contribution in [0.4, 0.5) is 0 Å². The van der Waals surface area contributed by atoms with E-state index >= 15 is 0 Å². The lowest BCUT2D eigenvalue weighted by Gasteiger charge is -2.28. The largest absolute Gasteiger partial charge is 0.233 e. The molecule has 74 valence electrons. The van der Waals surface area contributed by atoms with E-state index < -0.39 is 9.05 Å². The lowest BCUT2D eigenvalue weighted by atomic mass is 9.82. The topological polar surface area (TPSA) is 34.1 Å². The molecule has 0 aliphatic carbocycles. The number of halogens is 1. The Labute approximate surface area is 79.7 Å². The maximum absolute atomic E-state index is 10.9. The average molecular weight is 213 g/mol. The Bertz CT molecular complexity index is 209. The van der Waals surface area contributed by atoms with Gasteiger partial charge in [0.2, 0.25) is 9.05 Å². The van der Waals surface area contributed by atoms with Crippen LogP contribution in [-0.2, 0) is 9.05 Å². The van der Waals surface area contributed by atoms with Gasteiger partial charge in [-0.15, -0.1) is 0 Å². The maximum atomic E-state index is 10.9. The zero-order valence-corrected chi connectivity index (χ0v) is 9.50. The van der Waals surface area contributed by atoms with Gasteiger partial charge in [0.25, 0.3) is 0 Å². The van der Waals surface area contributed by atoms with Crippen LogP contribution in [0, 0.1) is 5.41 Å². The fourth-order valence-corrected chi connectivity index (χ4v) is 3.46. The van der Waals surface area contributed by atoms with Crippen LogP contribution < -0.4 is 0 Å². The van der Waals surface area contributed by atoms with Crippen molar-refractivity contribution in [2.45, 2.75) is 40.0 Å². The van der Waals surface area contributed by atoms with Gasteiger partial charge >= 0.3 is 0 Å². The molecule has 0 rings (SSSR count). The minimum absolute atomic E-state index is 0.102. The molecule has 4 heteroatoms. The normalized spacial score (nSPS) is 13.3. The van der Waals surface area contributed by atoms with Crippen LogP contribution in [0.2, 0.25) is 0 Å². The summed E-state index contributed by atoms with van der Waals surface area (Å²) >= 11 is 0. The van der Waals surface area contributed by atoms with E-state index in [1.807, 2.05) is 20.8 Å². The third-order valence-electron chi connectivity index (χ3n) is 2.73. The minimum atomic E-state index is -3.35. The summed E-state index contributed by atoms with van der Waals surface area (Å²) in [6.07, 6.45) is 2.60. The van der Waals surface area contributed by atoms with Crippen molar-refractivity contribution in [2.24, 2.45) is 5.41 Å². The number of hydrogen-bond acceptors (Lipinski definition) is 2. The molecule has 2 nitrogen and oxygen atoms in total. The molecule has 0 fully saturated rings. The first kappa shape index (κ1) is 12.2. The standard InChI is InChI=1S/C8H17ClO2S/c1-4-8(5-2,6-3)7-12(9,10)11/h4-7H2,1-3H3. The molecule has 0 unspecified atom stereocenters. The molecule has 0 heterocycles. The summed E-state index contributed by atoms with van der Waals surface area (Å²) in [5, 5.41) is 0. The molecule has 0 aromatic rings. The molecule has 0 atom stereocenters. The third-order valence-corrected chi connectivity index (χ3v) is 4.01. The second kappa shape index (κ2) is 4.47. The Morgan fingerprint density at radius 2 is 1.42 bits per heavy atom. The molecule has 0 radical (unpaired) electrons. The van der Waals surface area contributed by atoms with Crippen LogP contribution >= 0.6 is 10.7 Å². The van der Waals surface area contributed by atoms with Crippen LogP contribution in [0.3, 0.4) is 0 Å². The summed E-state index contributed by atoms with van der Waals surface area (Å²) < 4.78 is 21.8. The smallest absolute Gasteiger partial charge is 0.212 e. The number of hydrogen-bond donors (Lipinski definition) is 0. The molecule has 0 saturated carbocycles. The average Bonchev–Trinajstić information content (AvgIpc) is 1.99. The van der Waals surface area contributed by atoms with E-state index in [-0.39, 0.29) is 11.2 Å². The molecular formula is C8H17ClO2S. The lowest BCUT2D eigenvalue weighted by Crippen LogP contribution is -2.26. The summed E-state index contributed by atoms with van der Waals surface area (Å²) in [7, 11) is 1.88. The minimum Gasteiger partial charge on any atom is -0.212 e. The highest BCUT2D eigenvalue weighted by Gasteiger charge is 2.29. The lowest BCUT2D eigenvalue weighted by molar-refractivity contribution is 0.290. The van der Waals surface area contributed by atoms with Crippen molar-refractivity contribution >= 4 is 19.7 Å². The van der Waals surface area contributed by atoms with E-state index in [1.54, 1.807) is 0 Å². The molecule has 0 aliphatic heterocycles. The molecule has 0 bridgehead atoms.